The summed E-state index contributed by atoms with van der Waals surface area (Å²) in [5.74, 6) is -0.189. The first-order valence-electron chi connectivity index (χ1n) is 9.03. The molecule has 0 aliphatic carbocycles. The summed E-state index contributed by atoms with van der Waals surface area (Å²) in [5, 5.41) is 5.60. The van der Waals surface area contributed by atoms with Gasteiger partial charge in [0.05, 0.1) is 0 Å². The Morgan fingerprint density at radius 3 is 2.79 bits per heavy atom. The summed E-state index contributed by atoms with van der Waals surface area (Å²) in [5.41, 5.74) is 2.24. The Kier molecular flexibility index (Phi) is 4.81. The van der Waals surface area contributed by atoms with Crippen molar-refractivity contribution < 1.29 is 9.59 Å². The number of likely N-dealkylation sites (N-methyl/N-ethyl adjacent to an activating group) is 1. The minimum atomic E-state index is -0.242. The van der Waals surface area contributed by atoms with Gasteiger partial charge in [-0.15, -0.1) is 11.3 Å². The fraction of sp³-hybridized carbons (Fsp3) is 0.421. The van der Waals surface area contributed by atoms with Crippen LogP contribution in [0.25, 0.3) is 0 Å². The molecule has 0 bridgehead atoms. The number of benzene rings is 1. The molecule has 4 rings (SSSR count). The van der Waals surface area contributed by atoms with Gasteiger partial charge in [0.1, 0.15) is 5.69 Å². The van der Waals surface area contributed by atoms with Crippen LogP contribution < -0.4 is 10.2 Å². The quantitative estimate of drug-likeness (QED) is 0.812. The smallest absolute Gasteiger partial charge is 0.328 e. The van der Waals surface area contributed by atoms with Crippen LogP contribution in [0.15, 0.2) is 23.6 Å². The van der Waals surface area contributed by atoms with Gasteiger partial charge in [-0.1, -0.05) is 11.6 Å². The standard InChI is InChI=1S/C19H22ClN5O2S/c1-23(2)16(26)14-9-28-17(21-14)22-18(27)25-11-19(6-7-24(3)10-19)13-8-12(20)4-5-15(13)25/h4-5,8-9H,6-7,10-11H2,1-3H3,(H,21,22,27). The molecule has 9 heteroatoms. The molecule has 1 saturated heterocycles. The first-order valence-corrected chi connectivity index (χ1v) is 10.3. The van der Waals surface area contributed by atoms with Crippen LogP contribution in [0.1, 0.15) is 22.5 Å². The zero-order valence-electron chi connectivity index (χ0n) is 16.0. The Balaban J connectivity index is 1.58. The highest BCUT2D eigenvalue weighted by Gasteiger charge is 2.48. The fourth-order valence-electron chi connectivity index (χ4n) is 4.07. The molecular weight excluding hydrogens is 398 g/mol. The molecule has 0 radical (unpaired) electrons. The summed E-state index contributed by atoms with van der Waals surface area (Å²) >= 11 is 7.50. The van der Waals surface area contributed by atoms with Gasteiger partial charge in [0.25, 0.3) is 5.91 Å². The number of amides is 3. The molecule has 1 fully saturated rings. The average molecular weight is 420 g/mol. The number of nitrogens with one attached hydrogen (secondary N) is 1. The number of halogens is 1. The number of likely N-dealkylation sites (tertiary alicyclic amines) is 1. The third-order valence-corrected chi connectivity index (χ3v) is 6.41. The predicted molar refractivity (Wildman–Crippen MR) is 112 cm³/mol. The Morgan fingerprint density at radius 2 is 2.11 bits per heavy atom. The van der Waals surface area contributed by atoms with E-state index in [1.54, 1.807) is 24.4 Å². The molecule has 1 atom stereocenters. The summed E-state index contributed by atoms with van der Waals surface area (Å²) in [7, 11) is 5.44. The first kappa shape index (κ1) is 19.2. The van der Waals surface area contributed by atoms with Gasteiger partial charge in [-0.2, -0.15) is 0 Å². The van der Waals surface area contributed by atoms with E-state index in [4.69, 9.17) is 11.6 Å². The molecule has 3 amide bonds. The largest absolute Gasteiger partial charge is 0.343 e. The molecule has 1 aromatic carbocycles. The lowest BCUT2D eigenvalue weighted by Crippen LogP contribution is -2.40. The highest BCUT2D eigenvalue weighted by Crippen LogP contribution is 2.47. The van der Waals surface area contributed by atoms with Crippen LogP contribution in [-0.2, 0) is 5.41 Å². The maximum Gasteiger partial charge on any atom is 0.328 e. The number of fused-ring (bicyclic) bond motifs is 2. The first-order chi connectivity index (χ1) is 13.3. The summed E-state index contributed by atoms with van der Waals surface area (Å²) in [6.07, 6.45) is 0.985. The Morgan fingerprint density at radius 1 is 1.32 bits per heavy atom. The van der Waals surface area contributed by atoms with Crippen molar-refractivity contribution in [2.45, 2.75) is 11.8 Å². The van der Waals surface area contributed by atoms with E-state index in [-0.39, 0.29) is 17.4 Å². The lowest BCUT2D eigenvalue weighted by atomic mass is 9.81. The SMILES string of the molecule is CN1CCC2(C1)CN(C(=O)Nc1nc(C(=O)N(C)C)cs1)c1ccc(Cl)cc12. The van der Waals surface area contributed by atoms with Crippen LogP contribution in [0.2, 0.25) is 5.02 Å². The molecule has 28 heavy (non-hydrogen) atoms. The second-order valence-electron chi connectivity index (χ2n) is 7.68. The maximum atomic E-state index is 13.0. The number of urea groups is 1. The molecule has 7 nitrogen and oxygen atoms in total. The minimum Gasteiger partial charge on any atom is -0.343 e. The second kappa shape index (κ2) is 7.02. The van der Waals surface area contributed by atoms with Crippen molar-refractivity contribution in [2.75, 3.05) is 51.0 Å². The van der Waals surface area contributed by atoms with E-state index in [0.29, 0.717) is 22.4 Å². The lowest BCUT2D eigenvalue weighted by molar-refractivity contribution is 0.0823. The van der Waals surface area contributed by atoms with Gasteiger partial charge in [0.2, 0.25) is 0 Å². The van der Waals surface area contributed by atoms with E-state index >= 15 is 0 Å². The van der Waals surface area contributed by atoms with E-state index in [1.807, 2.05) is 18.2 Å². The van der Waals surface area contributed by atoms with E-state index < -0.39 is 0 Å². The van der Waals surface area contributed by atoms with Crippen molar-refractivity contribution >= 4 is 45.7 Å². The summed E-state index contributed by atoms with van der Waals surface area (Å²) in [4.78, 5) is 34.8. The van der Waals surface area contributed by atoms with Gasteiger partial charge >= 0.3 is 6.03 Å². The number of hydrogen-bond donors (Lipinski definition) is 1. The van der Waals surface area contributed by atoms with Crippen molar-refractivity contribution in [1.29, 1.82) is 0 Å². The number of rotatable bonds is 2. The number of carbonyl (C=O) groups is 2. The van der Waals surface area contributed by atoms with Gasteiger partial charge in [-0.3, -0.25) is 15.0 Å². The topological polar surface area (TPSA) is 68.8 Å². The molecule has 148 valence electrons. The molecule has 1 aromatic heterocycles. The lowest BCUT2D eigenvalue weighted by Gasteiger charge is -2.25. The van der Waals surface area contributed by atoms with E-state index in [2.05, 4.69) is 22.2 Å². The number of carbonyl (C=O) groups excluding carboxylic acids is 2. The third-order valence-electron chi connectivity index (χ3n) is 5.41. The Labute approximate surface area is 172 Å². The van der Waals surface area contributed by atoms with Crippen molar-refractivity contribution in [3.05, 3.63) is 39.9 Å². The maximum absolute atomic E-state index is 13.0. The monoisotopic (exact) mass is 419 g/mol. The molecule has 1 unspecified atom stereocenters. The molecule has 2 aliphatic heterocycles. The number of thiazole rings is 1. The highest BCUT2D eigenvalue weighted by molar-refractivity contribution is 7.14. The number of hydrogen-bond acceptors (Lipinski definition) is 5. The van der Waals surface area contributed by atoms with Gasteiger partial charge in [0.15, 0.2) is 5.13 Å². The Hall–Kier alpha value is -2.16. The van der Waals surface area contributed by atoms with Gasteiger partial charge < -0.3 is 9.80 Å². The highest BCUT2D eigenvalue weighted by atomic mass is 35.5. The van der Waals surface area contributed by atoms with E-state index in [0.717, 1.165) is 30.8 Å². The molecular formula is C19H22ClN5O2S. The van der Waals surface area contributed by atoms with Crippen LogP contribution in [0, 0.1) is 0 Å². The fourth-order valence-corrected chi connectivity index (χ4v) is 4.91. The summed E-state index contributed by atoms with van der Waals surface area (Å²) < 4.78 is 0. The third kappa shape index (κ3) is 3.25. The molecule has 2 aliphatic rings. The van der Waals surface area contributed by atoms with Gasteiger partial charge in [0, 0.05) is 48.7 Å². The van der Waals surface area contributed by atoms with Gasteiger partial charge in [-0.25, -0.2) is 9.78 Å². The molecule has 1 N–H and O–H groups in total. The van der Waals surface area contributed by atoms with Crippen molar-refractivity contribution in [1.82, 2.24) is 14.8 Å². The van der Waals surface area contributed by atoms with Crippen molar-refractivity contribution in [3.63, 3.8) is 0 Å². The van der Waals surface area contributed by atoms with Crippen LogP contribution in [-0.4, -0.2) is 67.5 Å². The molecule has 1 spiro atoms. The Bertz CT molecular complexity index is 946. The van der Waals surface area contributed by atoms with Crippen LogP contribution >= 0.6 is 22.9 Å². The predicted octanol–water partition coefficient (Wildman–Crippen LogP) is 3.12. The molecule has 2 aromatic rings. The average Bonchev–Trinajstić information content (AvgIpc) is 3.33. The van der Waals surface area contributed by atoms with Gasteiger partial charge in [-0.05, 0) is 43.8 Å². The zero-order valence-corrected chi connectivity index (χ0v) is 17.6. The van der Waals surface area contributed by atoms with Crippen molar-refractivity contribution in [2.24, 2.45) is 0 Å². The number of nitrogens with zero attached hydrogens (tertiary/aromatic N) is 4. The van der Waals surface area contributed by atoms with Crippen LogP contribution in [0.5, 0.6) is 0 Å². The van der Waals surface area contributed by atoms with E-state index in [9.17, 15) is 9.59 Å². The zero-order chi connectivity index (χ0) is 20.1. The van der Waals surface area contributed by atoms with Crippen LogP contribution in [0.3, 0.4) is 0 Å². The van der Waals surface area contributed by atoms with Crippen molar-refractivity contribution in [3.8, 4) is 0 Å². The molecule has 3 heterocycles. The number of aromatic nitrogens is 1. The summed E-state index contributed by atoms with van der Waals surface area (Å²) in [6, 6.07) is 5.47. The van der Waals surface area contributed by atoms with E-state index in [1.165, 1.54) is 16.2 Å². The summed E-state index contributed by atoms with van der Waals surface area (Å²) in [6.45, 7) is 2.49. The molecule has 0 saturated carbocycles. The normalized spacial score (nSPS) is 21.2. The number of anilines is 2. The second-order valence-corrected chi connectivity index (χ2v) is 8.98. The van der Waals surface area contributed by atoms with Crippen LogP contribution in [0.4, 0.5) is 15.6 Å². The minimum absolute atomic E-state index is 0.0960.